The lowest BCUT2D eigenvalue weighted by molar-refractivity contribution is 1.09. The standard InChI is InChI=1S/C9H12N2S/c1-4-6-7-9(10-3)12-8(5-2)11-7/h4,6H,3,5H2,1-2H3/b6-4-. The summed E-state index contributed by atoms with van der Waals surface area (Å²) >= 11 is 1.61. The van der Waals surface area contributed by atoms with E-state index in [0.717, 1.165) is 22.1 Å². The van der Waals surface area contributed by atoms with E-state index in [4.69, 9.17) is 0 Å². The summed E-state index contributed by atoms with van der Waals surface area (Å²) in [5.41, 5.74) is 0.939. The molecule has 0 aliphatic carbocycles. The highest BCUT2D eigenvalue weighted by Gasteiger charge is 2.04. The average Bonchev–Trinajstić information content (AvgIpc) is 2.48. The number of hydrogen-bond acceptors (Lipinski definition) is 3. The third kappa shape index (κ3) is 1.80. The maximum atomic E-state index is 4.39. The summed E-state index contributed by atoms with van der Waals surface area (Å²) in [6, 6.07) is 0. The quantitative estimate of drug-likeness (QED) is 0.656. The number of thiazole rings is 1. The van der Waals surface area contributed by atoms with Crippen molar-refractivity contribution < 1.29 is 0 Å². The first kappa shape index (κ1) is 9.13. The van der Waals surface area contributed by atoms with Crippen molar-refractivity contribution in [2.24, 2.45) is 4.99 Å². The molecule has 0 radical (unpaired) electrons. The SMILES string of the molecule is C=Nc1sc(CC)nc1/C=C\C. The van der Waals surface area contributed by atoms with Crippen LogP contribution in [-0.2, 0) is 6.42 Å². The Labute approximate surface area is 76.7 Å². The largest absolute Gasteiger partial charge is 0.251 e. The number of aromatic nitrogens is 1. The van der Waals surface area contributed by atoms with Gasteiger partial charge in [-0.2, -0.15) is 0 Å². The van der Waals surface area contributed by atoms with Crippen molar-refractivity contribution in [3.8, 4) is 0 Å². The molecule has 0 fully saturated rings. The maximum Gasteiger partial charge on any atom is 0.142 e. The molecule has 0 spiro atoms. The monoisotopic (exact) mass is 180 g/mol. The molecule has 1 heterocycles. The summed E-state index contributed by atoms with van der Waals surface area (Å²) in [5, 5.41) is 2.04. The summed E-state index contributed by atoms with van der Waals surface area (Å²) in [5.74, 6) is 0. The Hall–Kier alpha value is -0.960. The highest BCUT2D eigenvalue weighted by molar-refractivity contribution is 7.15. The minimum absolute atomic E-state index is 0.921. The smallest absolute Gasteiger partial charge is 0.142 e. The van der Waals surface area contributed by atoms with Gasteiger partial charge in [-0.1, -0.05) is 24.3 Å². The van der Waals surface area contributed by atoms with Crippen LogP contribution in [0.5, 0.6) is 0 Å². The zero-order valence-corrected chi connectivity index (χ0v) is 8.19. The molecule has 0 amide bonds. The van der Waals surface area contributed by atoms with Gasteiger partial charge in [0.05, 0.1) is 10.7 Å². The molecule has 0 N–H and O–H groups in total. The summed E-state index contributed by atoms with van der Waals surface area (Å²) in [6.45, 7) is 7.57. The van der Waals surface area contributed by atoms with E-state index < -0.39 is 0 Å². The second kappa shape index (κ2) is 4.16. The zero-order chi connectivity index (χ0) is 8.97. The van der Waals surface area contributed by atoms with Crippen molar-refractivity contribution in [1.29, 1.82) is 0 Å². The maximum absolute atomic E-state index is 4.39. The van der Waals surface area contributed by atoms with Crippen molar-refractivity contribution in [3.05, 3.63) is 16.8 Å². The van der Waals surface area contributed by atoms with Gasteiger partial charge >= 0.3 is 0 Å². The topological polar surface area (TPSA) is 25.2 Å². The van der Waals surface area contributed by atoms with Crippen LogP contribution in [0.2, 0.25) is 0 Å². The number of rotatable bonds is 3. The van der Waals surface area contributed by atoms with E-state index in [9.17, 15) is 0 Å². The van der Waals surface area contributed by atoms with E-state index in [1.165, 1.54) is 0 Å². The minimum Gasteiger partial charge on any atom is -0.251 e. The van der Waals surface area contributed by atoms with E-state index >= 15 is 0 Å². The minimum atomic E-state index is 0.921. The molecule has 1 aromatic rings. The Kier molecular flexibility index (Phi) is 3.17. The van der Waals surface area contributed by atoms with Crippen LogP contribution in [0.25, 0.3) is 6.08 Å². The Balaban J connectivity index is 3.07. The van der Waals surface area contributed by atoms with Gasteiger partial charge < -0.3 is 0 Å². The van der Waals surface area contributed by atoms with Crippen molar-refractivity contribution >= 4 is 29.1 Å². The molecule has 0 atom stereocenters. The van der Waals surface area contributed by atoms with Gasteiger partial charge in [-0.05, 0) is 26.1 Å². The fourth-order valence-electron chi connectivity index (χ4n) is 0.900. The van der Waals surface area contributed by atoms with Crippen LogP contribution < -0.4 is 0 Å². The molecule has 3 heteroatoms. The van der Waals surface area contributed by atoms with Gasteiger partial charge in [0.25, 0.3) is 0 Å². The summed E-state index contributed by atoms with van der Waals surface area (Å²) in [7, 11) is 0. The van der Waals surface area contributed by atoms with Gasteiger partial charge in [0, 0.05) is 0 Å². The normalized spacial score (nSPS) is 10.8. The average molecular weight is 180 g/mol. The number of hydrogen-bond donors (Lipinski definition) is 0. The molecule has 1 rings (SSSR count). The number of aliphatic imine (C=N–C) groups is 1. The molecule has 0 aliphatic rings. The fourth-order valence-corrected chi connectivity index (χ4v) is 1.69. The Morgan fingerprint density at radius 1 is 1.67 bits per heavy atom. The Bertz CT molecular complexity index is 299. The first-order valence-electron chi connectivity index (χ1n) is 3.91. The molecule has 2 nitrogen and oxygen atoms in total. The lowest BCUT2D eigenvalue weighted by atomic mass is 10.4. The van der Waals surface area contributed by atoms with Gasteiger partial charge in [-0.25, -0.2) is 4.98 Å². The molecule has 64 valence electrons. The van der Waals surface area contributed by atoms with Crippen molar-refractivity contribution in [2.75, 3.05) is 0 Å². The molecular formula is C9H12N2S. The molecular weight excluding hydrogens is 168 g/mol. The van der Waals surface area contributed by atoms with Crippen LogP contribution in [0.1, 0.15) is 24.5 Å². The molecule has 0 bridgehead atoms. The third-order valence-electron chi connectivity index (χ3n) is 1.45. The van der Waals surface area contributed by atoms with Crippen LogP contribution in [0.15, 0.2) is 11.1 Å². The predicted octanol–water partition coefficient (Wildman–Crippen LogP) is 3.07. The molecule has 0 saturated heterocycles. The van der Waals surface area contributed by atoms with E-state index in [0.29, 0.717) is 0 Å². The van der Waals surface area contributed by atoms with Gasteiger partial charge in [-0.3, -0.25) is 4.99 Å². The zero-order valence-electron chi connectivity index (χ0n) is 7.37. The predicted molar refractivity (Wildman–Crippen MR) is 55.4 cm³/mol. The van der Waals surface area contributed by atoms with Crippen molar-refractivity contribution in [3.63, 3.8) is 0 Å². The first-order valence-corrected chi connectivity index (χ1v) is 4.72. The molecule has 1 aromatic heterocycles. The highest BCUT2D eigenvalue weighted by atomic mass is 32.1. The molecule has 0 aromatic carbocycles. The van der Waals surface area contributed by atoms with E-state index in [1.54, 1.807) is 11.3 Å². The fraction of sp³-hybridized carbons (Fsp3) is 0.333. The third-order valence-corrected chi connectivity index (χ3v) is 2.60. The van der Waals surface area contributed by atoms with Crippen LogP contribution in [0.3, 0.4) is 0 Å². The molecule has 0 aliphatic heterocycles. The van der Waals surface area contributed by atoms with Crippen LogP contribution in [0, 0.1) is 0 Å². The van der Waals surface area contributed by atoms with Crippen LogP contribution >= 0.6 is 11.3 Å². The van der Waals surface area contributed by atoms with Gasteiger partial charge in [-0.15, -0.1) is 0 Å². The second-order valence-corrected chi connectivity index (χ2v) is 3.37. The number of allylic oxidation sites excluding steroid dienone is 1. The Morgan fingerprint density at radius 3 is 2.92 bits per heavy atom. The van der Waals surface area contributed by atoms with Crippen molar-refractivity contribution in [1.82, 2.24) is 4.98 Å². The van der Waals surface area contributed by atoms with E-state index in [-0.39, 0.29) is 0 Å². The molecule has 0 unspecified atom stereocenters. The molecule has 12 heavy (non-hydrogen) atoms. The summed E-state index contributed by atoms with van der Waals surface area (Å²) in [4.78, 5) is 8.30. The van der Waals surface area contributed by atoms with Gasteiger partial charge in [0.1, 0.15) is 5.00 Å². The van der Waals surface area contributed by atoms with Crippen LogP contribution in [-0.4, -0.2) is 11.7 Å². The second-order valence-electron chi connectivity index (χ2n) is 2.31. The summed E-state index contributed by atoms with van der Waals surface area (Å²) in [6.07, 6.45) is 4.88. The molecule has 0 saturated carbocycles. The van der Waals surface area contributed by atoms with E-state index in [1.807, 2.05) is 19.1 Å². The highest BCUT2D eigenvalue weighted by Crippen LogP contribution is 2.28. The van der Waals surface area contributed by atoms with Crippen molar-refractivity contribution in [2.45, 2.75) is 20.3 Å². The number of aryl methyl sites for hydroxylation is 1. The summed E-state index contributed by atoms with van der Waals surface area (Å²) < 4.78 is 0. The van der Waals surface area contributed by atoms with Gasteiger partial charge in [0.2, 0.25) is 0 Å². The number of nitrogens with zero attached hydrogens (tertiary/aromatic N) is 2. The van der Waals surface area contributed by atoms with Crippen LogP contribution in [0.4, 0.5) is 5.00 Å². The first-order chi connectivity index (χ1) is 5.81. The lowest BCUT2D eigenvalue weighted by Gasteiger charge is -1.84. The Morgan fingerprint density at radius 2 is 2.42 bits per heavy atom. The van der Waals surface area contributed by atoms with Gasteiger partial charge in [0.15, 0.2) is 0 Å². The lowest BCUT2D eigenvalue weighted by Crippen LogP contribution is -1.76. The van der Waals surface area contributed by atoms with E-state index in [2.05, 4.69) is 23.6 Å².